The number of aliphatic hydroxyl groups excluding tert-OH is 1. The zero-order valence-electron chi connectivity index (χ0n) is 21.8. The molecule has 0 aromatic heterocycles. The Bertz CT molecular complexity index is 1210. The lowest BCUT2D eigenvalue weighted by atomic mass is 9.87. The van der Waals surface area contributed by atoms with Crippen molar-refractivity contribution in [3.8, 4) is 5.75 Å². The molecule has 0 radical (unpaired) electrons. The van der Waals surface area contributed by atoms with Crippen molar-refractivity contribution >= 4 is 81.3 Å². The van der Waals surface area contributed by atoms with Gasteiger partial charge in [0.2, 0.25) is 0 Å². The normalized spacial score (nSPS) is 21.7. The second-order valence-corrected chi connectivity index (χ2v) is 13.5. The number of carbonyl (C=O) groups excluding carboxylic acids is 1. The van der Waals surface area contributed by atoms with Gasteiger partial charge in [0, 0.05) is 19.4 Å². The summed E-state index contributed by atoms with van der Waals surface area (Å²) in [4.78, 5) is 29.9. The molecule has 14 heteroatoms. The molecule has 1 heterocycles. The van der Waals surface area contributed by atoms with E-state index in [1.54, 1.807) is 6.08 Å². The fraction of sp³-hybridized carbons (Fsp3) is 0.480. The van der Waals surface area contributed by atoms with Crippen LogP contribution in [0.1, 0.15) is 18.4 Å². The number of amides is 1. The summed E-state index contributed by atoms with van der Waals surface area (Å²) in [5.41, 5.74) is -0.103. The largest absolute Gasteiger partial charge is 0.495 e. The van der Waals surface area contributed by atoms with Crippen LogP contribution in [0.15, 0.2) is 47.0 Å². The molecule has 0 fully saturated rings. The number of hydrogen-bond donors (Lipinski definition) is 3. The van der Waals surface area contributed by atoms with E-state index in [0.717, 1.165) is 5.56 Å². The molecule has 1 spiro atoms. The Hall–Kier alpha value is -1.45. The number of hydrogen-bond acceptors (Lipinski definition) is 7. The Kier molecular flexibility index (Phi) is 10.7. The number of halogens is 4. The van der Waals surface area contributed by atoms with Crippen molar-refractivity contribution in [2.24, 2.45) is 5.16 Å². The maximum atomic E-state index is 12.8. The first kappa shape index (κ1) is 32.1. The standard InChI is InChI=1S/C25H29Br4N3O7/c1-32(2,3)18(24(35)36)6-8-38-20-14(26)9-13(10-15(20)27)5-7-30-23(34)17-12-25(39-31-17)11-16(28)21(37-4)19(29)22(25)33/h9-11,18,22,33H,5-8,12H2,1-4H3,(H-,30,34,35,36)/p+1/t18-,22-,25+/m0/s1. The lowest BCUT2D eigenvalue weighted by Crippen LogP contribution is -2.50. The van der Waals surface area contributed by atoms with Crippen LogP contribution in [0.3, 0.4) is 0 Å². The molecule has 0 bridgehead atoms. The molecule has 2 aliphatic rings. The topological polar surface area (TPSA) is 127 Å². The van der Waals surface area contributed by atoms with Gasteiger partial charge in [-0.05, 0) is 93.9 Å². The summed E-state index contributed by atoms with van der Waals surface area (Å²) in [6.07, 6.45) is 1.52. The van der Waals surface area contributed by atoms with Gasteiger partial charge < -0.3 is 34.3 Å². The van der Waals surface area contributed by atoms with Gasteiger partial charge in [-0.1, -0.05) is 5.16 Å². The maximum Gasteiger partial charge on any atom is 0.362 e. The summed E-state index contributed by atoms with van der Waals surface area (Å²) in [7, 11) is 7.01. The third kappa shape index (κ3) is 7.45. The Balaban J connectivity index is 1.54. The summed E-state index contributed by atoms with van der Waals surface area (Å²) in [5, 5.41) is 27.0. The van der Waals surface area contributed by atoms with E-state index in [0.29, 0.717) is 53.3 Å². The number of carboxylic acid groups (broad SMARTS) is 1. The molecule has 3 N–H and O–H groups in total. The highest BCUT2D eigenvalue weighted by Gasteiger charge is 2.50. The fourth-order valence-electron chi connectivity index (χ4n) is 4.25. The maximum absolute atomic E-state index is 12.8. The van der Waals surface area contributed by atoms with Crippen LogP contribution in [-0.2, 0) is 25.6 Å². The molecule has 1 aliphatic heterocycles. The molecule has 1 aromatic rings. The molecule has 1 amide bonds. The minimum atomic E-state index is -1.21. The molecule has 0 saturated heterocycles. The molecular weight excluding hydrogens is 774 g/mol. The number of allylic oxidation sites excluding steroid dienone is 1. The number of aliphatic carboxylic acids is 1. The second-order valence-electron chi connectivity index (χ2n) is 10.0. The monoisotopic (exact) mass is 800 g/mol. The van der Waals surface area contributed by atoms with Crippen molar-refractivity contribution < 1.29 is 38.6 Å². The Morgan fingerprint density at radius 3 is 2.44 bits per heavy atom. The predicted molar refractivity (Wildman–Crippen MR) is 160 cm³/mol. The average molecular weight is 804 g/mol. The minimum Gasteiger partial charge on any atom is -0.495 e. The van der Waals surface area contributed by atoms with Crippen molar-refractivity contribution in [1.82, 2.24) is 5.32 Å². The zero-order valence-corrected chi connectivity index (χ0v) is 28.1. The van der Waals surface area contributed by atoms with Crippen molar-refractivity contribution in [3.63, 3.8) is 0 Å². The second kappa shape index (κ2) is 13.0. The summed E-state index contributed by atoms with van der Waals surface area (Å²) >= 11 is 13.8. The number of methoxy groups -OCH3 is 1. The smallest absolute Gasteiger partial charge is 0.362 e. The van der Waals surface area contributed by atoms with Crippen molar-refractivity contribution in [3.05, 3.63) is 47.4 Å². The fourth-order valence-corrected chi connectivity index (χ4v) is 7.55. The SMILES string of the molecule is COC1=C(Br)[C@H](O)[C@@]2(C=C1Br)CC(C(=O)NCCc1cc(Br)c(OCC[C@@H](C(=O)O)[N+](C)(C)C)c(Br)c1)=NO2. The van der Waals surface area contributed by atoms with E-state index in [9.17, 15) is 19.8 Å². The minimum absolute atomic E-state index is 0.0845. The van der Waals surface area contributed by atoms with Crippen LogP contribution in [-0.4, -0.2) is 91.4 Å². The first-order valence-corrected chi connectivity index (χ1v) is 15.1. The van der Waals surface area contributed by atoms with Crippen LogP contribution < -0.4 is 10.1 Å². The van der Waals surface area contributed by atoms with Gasteiger partial charge in [0.1, 0.15) is 23.3 Å². The van der Waals surface area contributed by atoms with Gasteiger partial charge in [-0.3, -0.25) is 4.79 Å². The number of aliphatic hydroxyl groups is 1. The number of nitrogens with one attached hydrogen (secondary N) is 1. The van der Waals surface area contributed by atoms with Gasteiger partial charge in [-0.2, -0.15) is 0 Å². The molecule has 10 nitrogen and oxygen atoms in total. The summed E-state index contributed by atoms with van der Waals surface area (Å²) in [5.74, 6) is -0.226. The van der Waals surface area contributed by atoms with Crippen molar-refractivity contribution in [1.29, 1.82) is 0 Å². The van der Waals surface area contributed by atoms with E-state index < -0.39 is 23.7 Å². The number of benzene rings is 1. The van der Waals surface area contributed by atoms with Crippen LogP contribution in [0.5, 0.6) is 5.75 Å². The average Bonchev–Trinajstić information content (AvgIpc) is 3.25. The summed E-state index contributed by atoms with van der Waals surface area (Å²) in [6.45, 7) is 0.581. The number of quaternary nitrogens is 1. The Morgan fingerprint density at radius 2 is 1.87 bits per heavy atom. The van der Waals surface area contributed by atoms with Crippen molar-refractivity contribution in [2.45, 2.75) is 37.0 Å². The molecule has 39 heavy (non-hydrogen) atoms. The molecule has 0 unspecified atom stereocenters. The van der Waals surface area contributed by atoms with Crippen LogP contribution in [0, 0.1) is 0 Å². The predicted octanol–water partition coefficient (Wildman–Crippen LogP) is 4.22. The van der Waals surface area contributed by atoms with Gasteiger partial charge in [-0.25, -0.2) is 4.79 Å². The van der Waals surface area contributed by atoms with E-state index >= 15 is 0 Å². The van der Waals surface area contributed by atoms with E-state index in [4.69, 9.17) is 14.3 Å². The van der Waals surface area contributed by atoms with E-state index in [1.807, 2.05) is 33.3 Å². The third-order valence-corrected chi connectivity index (χ3v) is 8.92. The molecule has 214 valence electrons. The van der Waals surface area contributed by atoms with E-state index in [2.05, 4.69) is 74.2 Å². The van der Waals surface area contributed by atoms with E-state index in [1.165, 1.54) is 7.11 Å². The molecule has 0 saturated carbocycles. The highest BCUT2D eigenvalue weighted by atomic mass is 79.9. The summed E-state index contributed by atoms with van der Waals surface area (Å²) in [6, 6.07) is 3.20. The van der Waals surface area contributed by atoms with Crippen LogP contribution in [0.2, 0.25) is 0 Å². The molecule has 1 aliphatic carbocycles. The van der Waals surface area contributed by atoms with Gasteiger partial charge in [-0.15, -0.1) is 0 Å². The number of carbonyl (C=O) groups is 2. The Labute approximate surface area is 260 Å². The zero-order chi connectivity index (χ0) is 29.1. The van der Waals surface area contributed by atoms with Gasteiger partial charge in [0.25, 0.3) is 5.91 Å². The number of likely N-dealkylation sites (N-methyl/N-ethyl adjacent to an activating group) is 1. The summed E-state index contributed by atoms with van der Waals surface area (Å²) < 4.78 is 13.9. The molecule has 1 aromatic carbocycles. The Morgan fingerprint density at radius 1 is 1.23 bits per heavy atom. The lowest BCUT2D eigenvalue weighted by molar-refractivity contribution is -0.887. The number of carboxylic acids is 1. The number of nitrogens with zero attached hydrogens (tertiary/aromatic N) is 2. The van der Waals surface area contributed by atoms with Crippen molar-refractivity contribution in [2.75, 3.05) is 41.4 Å². The molecular formula is C25H30Br4N3O7+. The van der Waals surface area contributed by atoms with Gasteiger partial charge in [0.15, 0.2) is 11.6 Å². The highest BCUT2D eigenvalue weighted by molar-refractivity contribution is 9.12. The van der Waals surface area contributed by atoms with Crippen LogP contribution in [0.4, 0.5) is 0 Å². The number of oxime groups is 1. The van der Waals surface area contributed by atoms with Crippen LogP contribution in [0.25, 0.3) is 0 Å². The first-order chi connectivity index (χ1) is 18.2. The first-order valence-electron chi connectivity index (χ1n) is 11.9. The van der Waals surface area contributed by atoms with Crippen LogP contribution >= 0.6 is 63.7 Å². The number of ether oxygens (including phenoxy) is 2. The molecule has 3 atom stereocenters. The third-order valence-electron chi connectivity index (χ3n) is 6.36. The highest BCUT2D eigenvalue weighted by Crippen LogP contribution is 2.44. The van der Waals surface area contributed by atoms with Gasteiger partial charge in [0.05, 0.1) is 52.8 Å². The number of rotatable bonds is 11. The lowest BCUT2D eigenvalue weighted by Gasteiger charge is -2.33. The van der Waals surface area contributed by atoms with Gasteiger partial charge >= 0.3 is 5.97 Å². The molecule has 3 rings (SSSR count). The quantitative estimate of drug-likeness (QED) is 0.286. The van der Waals surface area contributed by atoms with E-state index in [-0.39, 0.29) is 24.6 Å².